The van der Waals surface area contributed by atoms with E-state index in [1.807, 2.05) is 6.92 Å². The first-order valence-corrected chi connectivity index (χ1v) is 8.63. The molecule has 1 fully saturated rings. The van der Waals surface area contributed by atoms with Crippen molar-refractivity contribution < 1.29 is 9.53 Å². The zero-order chi connectivity index (χ0) is 16.2. The highest BCUT2D eigenvalue weighted by Gasteiger charge is 2.30. The van der Waals surface area contributed by atoms with Crippen LogP contribution in [0.1, 0.15) is 53.4 Å². The fourth-order valence-corrected chi connectivity index (χ4v) is 3.26. The Morgan fingerprint density at radius 1 is 1.48 bits per heavy atom. The van der Waals surface area contributed by atoms with Crippen molar-refractivity contribution in [1.29, 1.82) is 0 Å². The summed E-state index contributed by atoms with van der Waals surface area (Å²) in [6, 6.07) is 0. The summed E-state index contributed by atoms with van der Waals surface area (Å²) in [6.45, 7) is 5.54. The van der Waals surface area contributed by atoms with Gasteiger partial charge in [0.15, 0.2) is 5.82 Å². The van der Waals surface area contributed by atoms with Crippen LogP contribution >= 0.6 is 11.5 Å². The third-order valence-corrected chi connectivity index (χ3v) is 4.52. The molecule has 1 amide bonds. The van der Waals surface area contributed by atoms with E-state index in [0.29, 0.717) is 36.8 Å². The number of aromatic amines is 1. The highest BCUT2D eigenvalue weighted by Crippen LogP contribution is 2.22. The molecule has 1 unspecified atom stereocenters. The van der Waals surface area contributed by atoms with E-state index in [1.54, 1.807) is 4.90 Å². The van der Waals surface area contributed by atoms with E-state index < -0.39 is 0 Å². The number of morpholine rings is 1. The van der Waals surface area contributed by atoms with Gasteiger partial charge in [0.1, 0.15) is 16.8 Å². The smallest absolute Gasteiger partial charge is 0.267 e. The molecule has 0 aromatic carbocycles. The molecule has 0 radical (unpaired) electrons. The molecule has 8 nitrogen and oxygen atoms in total. The summed E-state index contributed by atoms with van der Waals surface area (Å²) >= 11 is 1.15. The van der Waals surface area contributed by atoms with Crippen molar-refractivity contribution in [3.05, 3.63) is 22.2 Å². The minimum Gasteiger partial charge on any atom is -0.366 e. The SMILES string of the molecule is CCCc1nc(C2CN(C(=O)c3snnc3CC)CCO2)n[nH]1. The zero-order valence-corrected chi connectivity index (χ0v) is 14.1. The monoisotopic (exact) mass is 336 g/mol. The highest BCUT2D eigenvalue weighted by molar-refractivity contribution is 7.08. The molecule has 124 valence electrons. The van der Waals surface area contributed by atoms with Crippen LogP contribution in [0.4, 0.5) is 0 Å². The van der Waals surface area contributed by atoms with Gasteiger partial charge in [-0.05, 0) is 24.4 Å². The summed E-state index contributed by atoms with van der Waals surface area (Å²) in [5.74, 6) is 1.44. The third-order valence-electron chi connectivity index (χ3n) is 3.76. The first-order chi connectivity index (χ1) is 11.2. The number of H-pyrrole nitrogens is 1. The number of amides is 1. The van der Waals surface area contributed by atoms with Crippen LogP contribution in [0, 0.1) is 0 Å². The molecular weight excluding hydrogens is 316 g/mol. The topological polar surface area (TPSA) is 96.9 Å². The second kappa shape index (κ2) is 7.14. The first-order valence-electron chi connectivity index (χ1n) is 7.86. The van der Waals surface area contributed by atoms with Gasteiger partial charge in [-0.2, -0.15) is 5.10 Å². The maximum Gasteiger partial charge on any atom is 0.267 e. The van der Waals surface area contributed by atoms with Crippen LogP contribution in [0.5, 0.6) is 0 Å². The van der Waals surface area contributed by atoms with Crippen molar-refractivity contribution in [1.82, 2.24) is 29.7 Å². The Morgan fingerprint density at radius 3 is 3.13 bits per heavy atom. The molecule has 1 atom stereocenters. The number of hydrogen-bond donors (Lipinski definition) is 1. The third kappa shape index (κ3) is 3.40. The maximum absolute atomic E-state index is 12.7. The number of nitrogens with zero attached hydrogens (tertiary/aromatic N) is 5. The summed E-state index contributed by atoms with van der Waals surface area (Å²) in [5, 5.41) is 11.2. The van der Waals surface area contributed by atoms with E-state index in [0.717, 1.165) is 35.9 Å². The Morgan fingerprint density at radius 2 is 2.35 bits per heavy atom. The summed E-state index contributed by atoms with van der Waals surface area (Å²) in [4.78, 5) is 19.5. The van der Waals surface area contributed by atoms with Crippen molar-refractivity contribution in [2.24, 2.45) is 0 Å². The van der Waals surface area contributed by atoms with Crippen LogP contribution in [-0.4, -0.2) is 55.3 Å². The summed E-state index contributed by atoms with van der Waals surface area (Å²) < 4.78 is 9.64. The van der Waals surface area contributed by atoms with Crippen LogP contribution in [0.3, 0.4) is 0 Å². The molecule has 1 aliphatic heterocycles. The molecule has 0 spiro atoms. The molecule has 9 heteroatoms. The van der Waals surface area contributed by atoms with E-state index in [-0.39, 0.29) is 12.0 Å². The Balaban J connectivity index is 1.71. The molecule has 2 aromatic heterocycles. The second-order valence-electron chi connectivity index (χ2n) is 5.40. The van der Waals surface area contributed by atoms with Gasteiger partial charge in [-0.3, -0.25) is 9.89 Å². The van der Waals surface area contributed by atoms with Crippen LogP contribution in [0.15, 0.2) is 0 Å². The largest absolute Gasteiger partial charge is 0.366 e. The Labute approximate surface area is 138 Å². The molecule has 3 heterocycles. The Bertz CT molecular complexity index is 670. The van der Waals surface area contributed by atoms with E-state index >= 15 is 0 Å². The minimum atomic E-state index is -0.291. The molecule has 0 saturated carbocycles. The van der Waals surface area contributed by atoms with Crippen LogP contribution in [-0.2, 0) is 17.6 Å². The molecular formula is C14H20N6O2S. The minimum absolute atomic E-state index is 0.0329. The number of ether oxygens (including phenoxy) is 1. The average Bonchev–Trinajstić information content (AvgIpc) is 3.23. The lowest BCUT2D eigenvalue weighted by molar-refractivity contribution is -0.0265. The molecule has 1 aliphatic rings. The van der Waals surface area contributed by atoms with Gasteiger partial charge in [0, 0.05) is 13.0 Å². The molecule has 0 bridgehead atoms. The lowest BCUT2D eigenvalue weighted by Gasteiger charge is -2.31. The predicted molar refractivity (Wildman–Crippen MR) is 84.3 cm³/mol. The van der Waals surface area contributed by atoms with E-state index in [1.165, 1.54) is 0 Å². The summed E-state index contributed by atoms with van der Waals surface area (Å²) in [5.41, 5.74) is 0.756. The summed E-state index contributed by atoms with van der Waals surface area (Å²) in [6.07, 6.45) is 2.27. The van der Waals surface area contributed by atoms with Gasteiger partial charge < -0.3 is 9.64 Å². The fraction of sp³-hybridized carbons (Fsp3) is 0.643. The van der Waals surface area contributed by atoms with E-state index in [4.69, 9.17) is 4.74 Å². The fourth-order valence-electron chi connectivity index (χ4n) is 2.54. The number of nitrogens with one attached hydrogen (secondary N) is 1. The van der Waals surface area contributed by atoms with Gasteiger partial charge >= 0.3 is 0 Å². The lowest BCUT2D eigenvalue weighted by atomic mass is 10.2. The van der Waals surface area contributed by atoms with Gasteiger partial charge in [0.25, 0.3) is 5.91 Å². The molecule has 0 aliphatic carbocycles. The maximum atomic E-state index is 12.7. The average molecular weight is 336 g/mol. The van der Waals surface area contributed by atoms with Crippen molar-refractivity contribution in [2.45, 2.75) is 39.2 Å². The zero-order valence-electron chi connectivity index (χ0n) is 13.3. The number of aryl methyl sites for hydroxylation is 2. The first kappa shape index (κ1) is 16.0. The van der Waals surface area contributed by atoms with E-state index in [9.17, 15) is 4.79 Å². The van der Waals surface area contributed by atoms with Crippen molar-refractivity contribution in [3.63, 3.8) is 0 Å². The van der Waals surface area contributed by atoms with Gasteiger partial charge in [0.05, 0.1) is 18.8 Å². The second-order valence-corrected chi connectivity index (χ2v) is 6.16. The van der Waals surface area contributed by atoms with E-state index in [2.05, 4.69) is 31.7 Å². The molecule has 1 saturated heterocycles. The molecule has 23 heavy (non-hydrogen) atoms. The highest BCUT2D eigenvalue weighted by atomic mass is 32.1. The number of carbonyl (C=O) groups excluding carboxylic acids is 1. The quantitative estimate of drug-likeness (QED) is 0.886. The van der Waals surface area contributed by atoms with Gasteiger partial charge in [-0.25, -0.2) is 4.98 Å². The predicted octanol–water partition coefficient (Wildman–Crippen LogP) is 1.38. The number of rotatable bonds is 5. The van der Waals surface area contributed by atoms with Crippen molar-refractivity contribution in [3.8, 4) is 0 Å². The Kier molecular flexibility index (Phi) is 4.97. The number of aromatic nitrogens is 5. The van der Waals surface area contributed by atoms with Crippen molar-refractivity contribution >= 4 is 17.4 Å². The molecule has 1 N–H and O–H groups in total. The van der Waals surface area contributed by atoms with Gasteiger partial charge in [-0.15, -0.1) is 5.10 Å². The Hall–Kier alpha value is -1.87. The number of carbonyl (C=O) groups is 1. The van der Waals surface area contributed by atoms with Gasteiger partial charge in [0.2, 0.25) is 0 Å². The standard InChI is InChI=1S/C14H20N6O2S/c1-3-5-11-15-13(18-17-11)10-8-20(6-7-22-10)14(21)12-9(4-2)16-19-23-12/h10H,3-8H2,1-2H3,(H,15,17,18). The summed E-state index contributed by atoms with van der Waals surface area (Å²) in [7, 11) is 0. The van der Waals surface area contributed by atoms with Crippen molar-refractivity contribution in [2.75, 3.05) is 19.7 Å². The molecule has 3 rings (SSSR count). The normalized spacial score (nSPS) is 18.3. The van der Waals surface area contributed by atoms with Gasteiger partial charge in [-0.1, -0.05) is 18.3 Å². The van der Waals surface area contributed by atoms with Crippen LogP contribution < -0.4 is 0 Å². The molecule has 2 aromatic rings. The van der Waals surface area contributed by atoms with Crippen LogP contribution in [0.25, 0.3) is 0 Å². The lowest BCUT2D eigenvalue weighted by Crippen LogP contribution is -2.42. The number of hydrogen-bond acceptors (Lipinski definition) is 7. The van der Waals surface area contributed by atoms with Crippen LogP contribution in [0.2, 0.25) is 0 Å².